The molecule has 1 N–H and O–H groups in total. The van der Waals surface area contributed by atoms with Crippen molar-refractivity contribution in [2.45, 2.75) is 12.0 Å². The summed E-state index contributed by atoms with van der Waals surface area (Å²) < 4.78 is 13.5. The Bertz CT molecular complexity index is 711. The van der Waals surface area contributed by atoms with E-state index in [2.05, 4.69) is 9.98 Å². The van der Waals surface area contributed by atoms with Crippen LogP contribution in [0.25, 0.3) is 0 Å². The number of allylic oxidation sites excluding steroid dienone is 1. The summed E-state index contributed by atoms with van der Waals surface area (Å²) in [6.45, 7) is 0. The summed E-state index contributed by atoms with van der Waals surface area (Å²) in [7, 11) is 0. The number of nitrogens with zero attached hydrogens (tertiary/aromatic N) is 2. The lowest BCUT2D eigenvalue weighted by Crippen LogP contribution is -2.15. The van der Waals surface area contributed by atoms with Gasteiger partial charge in [0.1, 0.15) is 0 Å². The first-order valence-electron chi connectivity index (χ1n) is 6.44. The number of aromatic nitrogens is 1. The quantitative estimate of drug-likeness (QED) is 0.692. The van der Waals surface area contributed by atoms with E-state index >= 15 is 0 Å². The van der Waals surface area contributed by atoms with Gasteiger partial charge in [-0.3, -0.25) is 15.1 Å². The molecule has 0 saturated heterocycles. The zero-order chi connectivity index (χ0) is 14.8. The molecular weight excluding hydrogens is 273 g/mol. The monoisotopic (exact) mass is 285 g/mol. The van der Waals surface area contributed by atoms with Crippen molar-refractivity contribution in [3.63, 3.8) is 0 Å². The number of aromatic amines is 1. The van der Waals surface area contributed by atoms with Crippen LogP contribution in [0, 0.1) is 15.9 Å². The van der Waals surface area contributed by atoms with E-state index in [0.717, 1.165) is 11.8 Å². The van der Waals surface area contributed by atoms with Gasteiger partial charge in [-0.25, -0.2) is 0 Å². The average Bonchev–Trinajstić information content (AvgIpc) is 3.14. The molecule has 1 aromatic carbocycles. The molecule has 2 atom stereocenters. The van der Waals surface area contributed by atoms with Gasteiger partial charge in [-0.2, -0.15) is 4.39 Å². The Balaban J connectivity index is 2.09. The number of hydrogen-bond acceptors (Lipinski definition) is 3. The molecule has 1 aliphatic heterocycles. The lowest BCUT2D eigenvalue weighted by molar-refractivity contribution is -0.387. The van der Waals surface area contributed by atoms with Gasteiger partial charge in [0, 0.05) is 24.2 Å². The van der Waals surface area contributed by atoms with Gasteiger partial charge >= 0.3 is 5.69 Å². The van der Waals surface area contributed by atoms with Crippen LogP contribution in [-0.2, 0) is 0 Å². The third kappa shape index (κ3) is 2.47. The van der Waals surface area contributed by atoms with E-state index in [0.29, 0.717) is 5.56 Å². The fraction of sp³-hybridized carbons (Fsp3) is 0.133. The van der Waals surface area contributed by atoms with E-state index in [1.165, 1.54) is 6.07 Å². The average molecular weight is 285 g/mol. The summed E-state index contributed by atoms with van der Waals surface area (Å²) in [5.41, 5.74) is 1.01. The number of nitro benzene ring substituents is 1. The van der Waals surface area contributed by atoms with Crippen molar-refractivity contribution in [2.75, 3.05) is 0 Å². The van der Waals surface area contributed by atoms with Crippen LogP contribution >= 0.6 is 0 Å². The summed E-state index contributed by atoms with van der Waals surface area (Å²) in [5.74, 6) is -1.05. The number of rotatable bonds is 4. The summed E-state index contributed by atoms with van der Waals surface area (Å²) in [6, 6.07) is 7.56. The largest absolute Gasteiger partial charge is 0.364 e. The highest BCUT2D eigenvalue weighted by atomic mass is 19.1. The second-order valence-corrected chi connectivity index (χ2v) is 4.74. The first-order chi connectivity index (χ1) is 10.2. The Labute approximate surface area is 120 Å². The van der Waals surface area contributed by atoms with E-state index in [9.17, 15) is 14.5 Å². The van der Waals surface area contributed by atoms with Gasteiger partial charge in [-0.15, -0.1) is 0 Å². The van der Waals surface area contributed by atoms with Crippen molar-refractivity contribution < 1.29 is 9.31 Å². The van der Waals surface area contributed by atoms with Crippen LogP contribution in [0.5, 0.6) is 0 Å². The Hall–Kier alpha value is -2.76. The van der Waals surface area contributed by atoms with Gasteiger partial charge in [-0.05, 0) is 29.8 Å². The molecule has 21 heavy (non-hydrogen) atoms. The fourth-order valence-electron chi connectivity index (χ4n) is 2.52. The lowest BCUT2D eigenvalue weighted by atomic mass is 9.88. The Morgan fingerprint density at radius 1 is 1.38 bits per heavy atom. The molecule has 0 amide bonds. The number of nitrogens with one attached hydrogen (secondary N) is 1. The molecule has 1 aromatic heterocycles. The predicted octanol–water partition coefficient (Wildman–Crippen LogP) is 3.20. The van der Waals surface area contributed by atoms with Gasteiger partial charge in [0.05, 0.1) is 16.9 Å². The van der Waals surface area contributed by atoms with E-state index in [1.54, 1.807) is 18.5 Å². The smallest absolute Gasteiger partial charge is 0.305 e. The number of H-pyrrole nitrogens is 1. The SMILES string of the molecule is O=[N+]([O-])c1cc(C(c2ccc[nH]2)C2C=CC=N2)ccc1F. The number of aliphatic imine (C=N–C) groups is 1. The van der Waals surface area contributed by atoms with Crippen LogP contribution in [0.4, 0.5) is 10.1 Å². The van der Waals surface area contributed by atoms with Crippen LogP contribution in [-0.4, -0.2) is 22.2 Å². The molecule has 6 heteroatoms. The van der Waals surface area contributed by atoms with Crippen molar-refractivity contribution in [2.24, 2.45) is 4.99 Å². The van der Waals surface area contributed by atoms with E-state index in [-0.39, 0.29) is 12.0 Å². The second-order valence-electron chi connectivity index (χ2n) is 4.74. The van der Waals surface area contributed by atoms with Crippen LogP contribution in [0.3, 0.4) is 0 Å². The number of benzene rings is 1. The van der Waals surface area contributed by atoms with Gasteiger partial charge in [0.2, 0.25) is 5.82 Å². The molecular formula is C15H12FN3O2. The van der Waals surface area contributed by atoms with Gasteiger partial charge in [0.15, 0.2) is 0 Å². The van der Waals surface area contributed by atoms with Gasteiger partial charge in [0.25, 0.3) is 0 Å². The molecule has 2 unspecified atom stereocenters. The predicted molar refractivity (Wildman–Crippen MR) is 77.1 cm³/mol. The van der Waals surface area contributed by atoms with Gasteiger partial charge in [-0.1, -0.05) is 12.1 Å². The van der Waals surface area contributed by atoms with Crippen molar-refractivity contribution in [1.82, 2.24) is 4.98 Å². The van der Waals surface area contributed by atoms with Gasteiger partial charge < -0.3 is 4.98 Å². The Morgan fingerprint density at radius 2 is 2.24 bits per heavy atom. The van der Waals surface area contributed by atoms with Crippen LogP contribution in [0.15, 0.2) is 53.7 Å². The van der Waals surface area contributed by atoms with E-state index in [4.69, 9.17) is 0 Å². The third-order valence-corrected chi connectivity index (χ3v) is 3.48. The number of nitro groups is 1. The minimum Gasteiger partial charge on any atom is -0.364 e. The van der Waals surface area contributed by atoms with E-state index < -0.39 is 16.4 Å². The summed E-state index contributed by atoms with van der Waals surface area (Å²) in [5, 5.41) is 10.9. The summed E-state index contributed by atoms with van der Waals surface area (Å²) >= 11 is 0. The van der Waals surface area contributed by atoms with Crippen LogP contribution < -0.4 is 0 Å². The standard InChI is InChI=1S/C15H12FN3O2/c16-11-6-5-10(9-14(11)19(20)21)15(12-3-1-7-17-12)13-4-2-8-18-13/h1-9,12,15,18H. The molecule has 0 bridgehead atoms. The third-order valence-electron chi connectivity index (χ3n) is 3.48. The molecule has 0 fully saturated rings. The van der Waals surface area contributed by atoms with Crippen molar-refractivity contribution in [3.05, 3.63) is 75.9 Å². The topological polar surface area (TPSA) is 71.3 Å². The second kappa shape index (κ2) is 5.32. The highest BCUT2D eigenvalue weighted by Gasteiger charge is 2.27. The minimum absolute atomic E-state index is 0.159. The maximum Gasteiger partial charge on any atom is 0.305 e. The molecule has 2 aromatic rings. The van der Waals surface area contributed by atoms with Crippen LogP contribution in [0.1, 0.15) is 17.2 Å². The molecule has 3 rings (SSSR count). The van der Waals surface area contributed by atoms with E-state index in [1.807, 2.05) is 24.3 Å². The summed E-state index contributed by atoms with van der Waals surface area (Å²) in [6.07, 6.45) is 7.22. The normalized spacial score (nSPS) is 18.0. The first-order valence-corrected chi connectivity index (χ1v) is 6.44. The Morgan fingerprint density at radius 3 is 2.86 bits per heavy atom. The molecule has 0 aliphatic carbocycles. The molecule has 0 spiro atoms. The molecule has 0 saturated carbocycles. The first kappa shape index (κ1) is 13.2. The lowest BCUT2D eigenvalue weighted by Gasteiger charge is -2.20. The summed E-state index contributed by atoms with van der Waals surface area (Å²) in [4.78, 5) is 17.7. The van der Waals surface area contributed by atoms with Crippen molar-refractivity contribution in [1.29, 1.82) is 0 Å². The zero-order valence-electron chi connectivity index (χ0n) is 10.9. The molecule has 2 heterocycles. The van der Waals surface area contributed by atoms with Crippen LogP contribution in [0.2, 0.25) is 0 Å². The number of hydrogen-bond donors (Lipinski definition) is 1. The molecule has 5 nitrogen and oxygen atoms in total. The number of halogens is 1. The zero-order valence-corrected chi connectivity index (χ0v) is 10.9. The minimum atomic E-state index is -0.834. The maximum absolute atomic E-state index is 13.5. The fourth-order valence-corrected chi connectivity index (χ4v) is 2.52. The Kier molecular flexibility index (Phi) is 3.35. The molecule has 106 valence electrons. The maximum atomic E-state index is 13.5. The molecule has 0 radical (unpaired) electrons. The highest BCUT2D eigenvalue weighted by Crippen LogP contribution is 2.33. The highest BCUT2D eigenvalue weighted by molar-refractivity contribution is 5.74. The van der Waals surface area contributed by atoms with Crippen molar-refractivity contribution >= 4 is 11.9 Å². The molecule has 1 aliphatic rings. The van der Waals surface area contributed by atoms with Crippen molar-refractivity contribution in [3.8, 4) is 0 Å².